The summed E-state index contributed by atoms with van der Waals surface area (Å²) in [6.45, 7) is -0.191. The highest BCUT2D eigenvalue weighted by Crippen LogP contribution is 2.19. The van der Waals surface area contributed by atoms with Crippen LogP contribution in [0.3, 0.4) is 0 Å². The van der Waals surface area contributed by atoms with E-state index >= 15 is 0 Å². The maximum absolute atomic E-state index is 12.2. The zero-order valence-corrected chi connectivity index (χ0v) is 16.3. The second kappa shape index (κ2) is 8.73. The highest BCUT2D eigenvalue weighted by molar-refractivity contribution is 9.10. The fourth-order valence-corrected chi connectivity index (χ4v) is 3.04. The van der Waals surface area contributed by atoms with Crippen LogP contribution in [0.1, 0.15) is 5.56 Å². The van der Waals surface area contributed by atoms with E-state index in [4.69, 9.17) is 9.47 Å². The van der Waals surface area contributed by atoms with E-state index in [2.05, 4.69) is 26.2 Å². The van der Waals surface area contributed by atoms with Gasteiger partial charge < -0.3 is 19.8 Å². The third kappa shape index (κ3) is 4.89. The smallest absolute Gasteiger partial charge is 0.328 e. The van der Waals surface area contributed by atoms with Crippen LogP contribution in [0.5, 0.6) is 5.75 Å². The second-order valence-corrected chi connectivity index (χ2v) is 6.87. The van der Waals surface area contributed by atoms with Crippen LogP contribution in [0, 0.1) is 0 Å². The summed E-state index contributed by atoms with van der Waals surface area (Å²) in [5.41, 5.74) is 1.90. The molecule has 1 amide bonds. The molecular weight excluding hydrogens is 412 g/mol. The Hall–Kier alpha value is -2.80. The number of carbonyl (C=O) groups excluding carboxylic acids is 2. The van der Waals surface area contributed by atoms with E-state index in [9.17, 15) is 9.59 Å². The Kier molecular flexibility index (Phi) is 6.13. The van der Waals surface area contributed by atoms with E-state index in [1.165, 1.54) is 7.11 Å². The molecule has 0 aliphatic rings. The van der Waals surface area contributed by atoms with Crippen molar-refractivity contribution in [1.82, 2.24) is 10.3 Å². The van der Waals surface area contributed by atoms with Crippen molar-refractivity contribution in [2.75, 3.05) is 13.7 Å². The van der Waals surface area contributed by atoms with Gasteiger partial charge in [-0.15, -0.1) is 0 Å². The van der Waals surface area contributed by atoms with E-state index in [-0.39, 0.29) is 6.61 Å². The molecule has 0 bridgehead atoms. The fraction of sp³-hybridized carbons (Fsp3) is 0.200. The van der Waals surface area contributed by atoms with Gasteiger partial charge in [-0.3, -0.25) is 4.79 Å². The number of nitrogens with one attached hydrogen (secondary N) is 2. The number of halogens is 1. The van der Waals surface area contributed by atoms with Gasteiger partial charge in [0, 0.05) is 28.0 Å². The fourth-order valence-electron chi connectivity index (χ4n) is 2.77. The minimum Gasteiger partial charge on any atom is -0.484 e. The molecule has 0 unspecified atom stereocenters. The number of aromatic nitrogens is 1. The van der Waals surface area contributed by atoms with Crippen LogP contribution >= 0.6 is 15.9 Å². The number of H-pyrrole nitrogens is 1. The summed E-state index contributed by atoms with van der Waals surface area (Å²) in [4.78, 5) is 27.5. The van der Waals surface area contributed by atoms with Gasteiger partial charge in [-0.1, -0.05) is 34.1 Å². The maximum Gasteiger partial charge on any atom is 0.328 e. The number of hydrogen-bond donors (Lipinski definition) is 2. The number of ether oxygens (including phenoxy) is 2. The molecule has 0 radical (unpaired) electrons. The van der Waals surface area contributed by atoms with E-state index in [0.29, 0.717) is 12.2 Å². The van der Waals surface area contributed by atoms with Crippen LogP contribution in [0.4, 0.5) is 0 Å². The number of aromatic amines is 1. The Bertz CT molecular complexity index is 937. The SMILES string of the molecule is COC(=O)[C@H](Cc1c[nH]c2ccccc12)NC(=O)COc1ccc(Br)cc1. The van der Waals surface area contributed by atoms with Crippen LogP contribution in [-0.2, 0) is 20.7 Å². The quantitative estimate of drug-likeness (QED) is 0.563. The van der Waals surface area contributed by atoms with Gasteiger partial charge in [-0.05, 0) is 35.9 Å². The Labute approximate surface area is 165 Å². The summed E-state index contributed by atoms with van der Waals surface area (Å²) in [7, 11) is 1.30. The molecule has 3 rings (SSSR count). The first-order valence-corrected chi connectivity index (χ1v) is 9.16. The minimum absolute atomic E-state index is 0.191. The molecule has 6 nitrogen and oxygen atoms in total. The number of hydrogen-bond acceptors (Lipinski definition) is 4. The molecule has 1 aromatic heterocycles. The topological polar surface area (TPSA) is 80.4 Å². The van der Waals surface area contributed by atoms with E-state index < -0.39 is 17.9 Å². The first kappa shape index (κ1) is 19.0. The Morgan fingerprint density at radius 3 is 2.63 bits per heavy atom. The molecule has 1 heterocycles. The third-order valence-electron chi connectivity index (χ3n) is 4.10. The highest BCUT2D eigenvalue weighted by atomic mass is 79.9. The average molecular weight is 431 g/mol. The molecule has 27 heavy (non-hydrogen) atoms. The summed E-state index contributed by atoms with van der Waals surface area (Å²) in [5, 5.41) is 3.70. The van der Waals surface area contributed by atoms with Crippen molar-refractivity contribution in [3.8, 4) is 5.75 Å². The number of esters is 1. The first-order valence-electron chi connectivity index (χ1n) is 8.37. The summed E-state index contributed by atoms with van der Waals surface area (Å²) in [6, 6.07) is 14.1. The molecule has 0 spiro atoms. The summed E-state index contributed by atoms with van der Waals surface area (Å²) in [6.07, 6.45) is 2.16. The molecule has 7 heteroatoms. The minimum atomic E-state index is -0.796. The molecule has 0 saturated heterocycles. The number of rotatable bonds is 7. The monoisotopic (exact) mass is 430 g/mol. The summed E-state index contributed by atoms with van der Waals surface area (Å²) >= 11 is 3.34. The van der Waals surface area contributed by atoms with Crippen molar-refractivity contribution >= 4 is 38.7 Å². The predicted octanol–water partition coefficient (Wildman–Crippen LogP) is 3.21. The third-order valence-corrected chi connectivity index (χ3v) is 4.63. The average Bonchev–Trinajstić information content (AvgIpc) is 3.09. The molecular formula is C20H19BrN2O4. The van der Waals surface area contributed by atoms with Crippen molar-refractivity contribution in [2.45, 2.75) is 12.5 Å². The lowest BCUT2D eigenvalue weighted by Gasteiger charge is -2.16. The van der Waals surface area contributed by atoms with Crippen molar-refractivity contribution in [3.63, 3.8) is 0 Å². The van der Waals surface area contributed by atoms with Crippen molar-refractivity contribution < 1.29 is 19.1 Å². The van der Waals surface area contributed by atoms with Crippen LogP contribution in [0.25, 0.3) is 10.9 Å². The maximum atomic E-state index is 12.2. The Balaban J connectivity index is 1.65. The Morgan fingerprint density at radius 1 is 1.15 bits per heavy atom. The molecule has 0 aliphatic carbocycles. The summed E-state index contributed by atoms with van der Waals surface area (Å²) in [5.74, 6) is -0.329. The van der Waals surface area contributed by atoms with Crippen LogP contribution in [0.15, 0.2) is 59.2 Å². The van der Waals surface area contributed by atoms with E-state index in [1.54, 1.807) is 12.1 Å². The lowest BCUT2D eigenvalue weighted by molar-refractivity contribution is -0.145. The van der Waals surface area contributed by atoms with Gasteiger partial charge in [-0.2, -0.15) is 0 Å². The van der Waals surface area contributed by atoms with Gasteiger partial charge in [0.2, 0.25) is 0 Å². The zero-order chi connectivity index (χ0) is 19.2. The van der Waals surface area contributed by atoms with Crippen molar-refractivity contribution in [1.29, 1.82) is 0 Å². The lowest BCUT2D eigenvalue weighted by Crippen LogP contribution is -2.44. The highest BCUT2D eigenvalue weighted by Gasteiger charge is 2.23. The Morgan fingerprint density at radius 2 is 1.89 bits per heavy atom. The van der Waals surface area contributed by atoms with Crippen LogP contribution in [0.2, 0.25) is 0 Å². The van der Waals surface area contributed by atoms with Gasteiger partial charge in [0.05, 0.1) is 7.11 Å². The number of benzene rings is 2. The molecule has 0 aliphatic heterocycles. The molecule has 2 aromatic carbocycles. The van der Waals surface area contributed by atoms with Gasteiger partial charge in [0.15, 0.2) is 6.61 Å². The van der Waals surface area contributed by atoms with E-state index in [1.807, 2.05) is 42.6 Å². The number of carbonyl (C=O) groups is 2. The van der Waals surface area contributed by atoms with Crippen molar-refractivity contribution in [3.05, 3.63) is 64.8 Å². The van der Waals surface area contributed by atoms with Gasteiger partial charge in [0.1, 0.15) is 11.8 Å². The van der Waals surface area contributed by atoms with E-state index in [0.717, 1.165) is 20.9 Å². The zero-order valence-electron chi connectivity index (χ0n) is 14.7. The lowest BCUT2D eigenvalue weighted by atomic mass is 10.0. The molecule has 2 N–H and O–H groups in total. The summed E-state index contributed by atoms with van der Waals surface area (Å²) < 4.78 is 11.2. The van der Waals surface area contributed by atoms with Gasteiger partial charge in [-0.25, -0.2) is 4.79 Å². The molecule has 140 valence electrons. The molecule has 3 aromatic rings. The normalized spacial score (nSPS) is 11.8. The molecule has 1 atom stereocenters. The van der Waals surface area contributed by atoms with Crippen LogP contribution in [-0.4, -0.2) is 36.6 Å². The standard InChI is InChI=1S/C20H19BrN2O4/c1-26-20(25)18(10-13-11-22-17-5-3-2-4-16(13)17)23-19(24)12-27-15-8-6-14(21)7-9-15/h2-9,11,18,22H,10,12H2,1H3,(H,23,24)/t18-/m0/s1. The molecule has 0 saturated carbocycles. The second-order valence-electron chi connectivity index (χ2n) is 5.95. The molecule has 0 fully saturated rings. The van der Waals surface area contributed by atoms with Gasteiger partial charge >= 0.3 is 5.97 Å². The van der Waals surface area contributed by atoms with Gasteiger partial charge in [0.25, 0.3) is 5.91 Å². The number of amides is 1. The van der Waals surface area contributed by atoms with Crippen LogP contribution < -0.4 is 10.1 Å². The number of fused-ring (bicyclic) bond motifs is 1. The number of methoxy groups -OCH3 is 1. The predicted molar refractivity (Wildman–Crippen MR) is 106 cm³/mol. The largest absolute Gasteiger partial charge is 0.484 e. The number of para-hydroxylation sites is 1. The van der Waals surface area contributed by atoms with Crippen molar-refractivity contribution in [2.24, 2.45) is 0 Å². The first-order chi connectivity index (χ1) is 13.1.